The van der Waals surface area contributed by atoms with Gasteiger partial charge in [0.1, 0.15) is 5.75 Å². The third-order valence-corrected chi connectivity index (χ3v) is 4.66. The van der Waals surface area contributed by atoms with Crippen LogP contribution < -0.4 is 15.4 Å². The van der Waals surface area contributed by atoms with Gasteiger partial charge in [-0.3, -0.25) is 10.1 Å². The second kappa shape index (κ2) is 8.60. The van der Waals surface area contributed by atoms with E-state index in [4.69, 9.17) is 17.0 Å². The summed E-state index contributed by atoms with van der Waals surface area (Å²) in [5, 5.41) is 5.83. The lowest BCUT2D eigenvalue weighted by Crippen LogP contribution is -2.37. The van der Waals surface area contributed by atoms with Crippen LogP contribution in [0.1, 0.15) is 11.1 Å². The lowest BCUT2D eigenvalue weighted by molar-refractivity contribution is -0.121. The van der Waals surface area contributed by atoms with Crippen LogP contribution in [0, 0.1) is 13.8 Å². The lowest BCUT2D eigenvalue weighted by Gasteiger charge is -2.13. The Bertz CT molecular complexity index is 764. The van der Waals surface area contributed by atoms with E-state index in [1.807, 2.05) is 38.1 Å². The molecule has 0 aliphatic rings. The molecule has 0 radical (unpaired) electrons. The van der Waals surface area contributed by atoms with Gasteiger partial charge >= 0.3 is 0 Å². The Kier molecular flexibility index (Phi) is 6.77. The molecule has 0 aliphatic carbocycles. The maximum absolute atomic E-state index is 11.9. The van der Waals surface area contributed by atoms with Crippen LogP contribution in [-0.2, 0) is 4.79 Å². The second-order valence-corrected chi connectivity index (χ2v) is 7.34. The van der Waals surface area contributed by atoms with Gasteiger partial charge < -0.3 is 10.1 Å². The number of halogens is 2. The highest BCUT2D eigenvalue weighted by molar-refractivity contribution is 9.10. The molecule has 2 N–H and O–H groups in total. The van der Waals surface area contributed by atoms with Gasteiger partial charge in [0, 0.05) is 8.95 Å². The molecule has 0 aromatic heterocycles. The number of nitrogens with one attached hydrogen (secondary N) is 2. The molecular weight excluding hydrogens is 456 g/mol. The standard InChI is InChI=1S/C17H16Br2N2O2S/c1-10-7-14(19)15(8-11(10)2)20-17(24)21-16(22)9-23-13-5-3-12(18)4-6-13/h3-8H,9H2,1-2H3,(H2,20,21,22,24). The topological polar surface area (TPSA) is 50.4 Å². The largest absolute Gasteiger partial charge is 0.484 e. The van der Waals surface area contributed by atoms with Crippen LogP contribution >= 0.6 is 44.1 Å². The highest BCUT2D eigenvalue weighted by Gasteiger charge is 2.09. The zero-order chi connectivity index (χ0) is 17.7. The van der Waals surface area contributed by atoms with Crippen molar-refractivity contribution in [1.29, 1.82) is 0 Å². The number of rotatable bonds is 4. The fourth-order valence-electron chi connectivity index (χ4n) is 1.87. The van der Waals surface area contributed by atoms with Gasteiger partial charge in [-0.1, -0.05) is 15.9 Å². The molecule has 2 rings (SSSR count). The van der Waals surface area contributed by atoms with E-state index in [2.05, 4.69) is 42.5 Å². The number of thiocarbonyl (C=S) groups is 1. The average Bonchev–Trinajstić information content (AvgIpc) is 2.52. The van der Waals surface area contributed by atoms with Crippen molar-refractivity contribution in [2.45, 2.75) is 13.8 Å². The van der Waals surface area contributed by atoms with Crippen LogP contribution in [-0.4, -0.2) is 17.6 Å². The van der Waals surface area contributed by atoms with Crippen LogP contribution in [0.15, 0.2) is 45.3 Å². The molecule has 0 bridgehead atoms. The van der Waals surface area contributed by atoms with E-state index in [0.29, 0.717) is 5.75 Å². The van der Waals surface area contributed by atoms with Gasteiger partial charge in [-0.15, -0.1) is 0 Å². The third-order valence-electron chi connectivity index (χ3n) is 3.27. The molecule has 1 amide bonds. The average molecular weight is 472 g/mol. The molecule has 0 fully saturated rings. The summed E-state index contributed by atoms with van der Waals surface area (Å²) in [7, 11) is 0. The first-order chi connectivity index (χ1) is 11.3. The van der Waals surface area contributed by atoms with Crippen LogP contribution in [0.4, 0.5) is 5.69 Å². The summed E-state index contributed by atoms with van der Waals surface area (Å²) in [6.45, 7) is 3.93. The van der Waals surface area contributed by atoms with Crippen molar-refractivity contribution >= 4 is 60.8 Å². The summed E-state index contributed by atoms with van der Waals surface area (Å²) in [6, 6.07) is 11.2. The number of carbonyl (C=O) groups is 1. The molecule has 24 heavy (non-hydrogen) atoms. The number of hydrogen-bond acceptors (Lipinski definition) is 3. The Hall–Kier alpha value is -1.44. The maximum atomic E-state index is 11.9. The molecule has 2 aromatic rings. The van der Waals surface area contributed by atoms with E-state index in [1.54, 1.807) is 12.1 Å². The summed E-state index contributed by atoms with van der Waals surface area (Å²) in [4.78, 5) is 11.9. The minimum Gasteiger partial charge on any atom is -0.484 e. The van der Waals surface area contributed by atoms with Crippen molar-refractivity contribution in [3.05, 3.63) is 56.5 Å². The van der Waals surface area contributed by atoms with Gasteiger partial charge in [-0.05, 0) is 89.5 Å². The SMILES string of the molecule is Cc1cc(Br)c(NC(=S)NC(=O)COc2ccc(Br)cc2)cc1C. The normalized spacial score (nSPS) is 10.2. The third kappa shape index (κ3) is 5.58. The van der Waals surface area contributed by atoms with Crippen LogP contribution in [0.25, 0.3) is 0 Å². The molecule has 0 atom stereocenters. The molecule has 0 heterocycles. The van der Waals surface area contributed by atoms with Crippen molar-refractivity contribution in [3.63, 3.8) is 0 Å². The zero-order valence-corrected chi connectivity index (χ0v) is 17.1. The first kappa shape index (κ1) is 18.9. The van der Waals surface area contributed by atoms with Crippen LogP contribution in [0.2, 0.25) is 0 Å². The summed E-state index contributed by atoms with van der Waals surface area (Å²) >= 11 is 12.0. The highest BCUT2D eigenvalue weighted by Crippen LogP contribution is 2.26. The van der Waals surface area contributed by atoms with Gasteiger partial charge in [0.15, 0.2) is 11.7 Å². The van der Waals surface area contributed by atoms with E-state index >= 15 is 0 Å². The molecule has 2 aromatic carbocycles. The van der Waals surface area contributed by atoms with Gasteiger partial charge in [-0.2, -0.15) is 0 Å². The molecule has 126 valence electrons. The number of amides is 1. The Balaban J connectivity index is 1.86. The molecule has 4 nitrogen and oxygen atoms in total. The number of benzene rings is 2. The van der Waals surface area contributed by atoms with E-state index in [0.717, 1.165) is 20.2 Å². The first-order valence-corrected chi connectivity index (χ1v) is 9.10. The molecule has 0 spiro atoms. The zero-order valence-electron chi connectivity index (χ0n) is 13.2. The fourth-order valence-corrected chi connectivity index (χ4v) is 2.92. The van der Waals surface area contributed by atoms with Crippen LogP contribution in [0.5, 0.6) is 5.75 Å². The van der Waals surface area contributed by atoms with E-state index in [9.17, 15) is 4.79 Å². The first-order valence-electron chi connectivity index (χ1n) is 7.11. The van der Waals surface area contributed by atoms with Crippen molar-refractivity contribution in [2.24, 2.45) is 0 Å². The lowest BCUT2D eigenvalue weighted by atomic mass is 10.1. The molecule has 0 saturated heterocycles. The quantitative estimate of drug-likeness (QED) is 0.633. The number of hydrogen-bond donors (Lipinski definition) is 2. The molecular formula is C17H16Br2N2O2S. The second-order valence-electron chi connectivity index (χ2n) is 5.16. The van der Waals surface area contributed by atoms with Crippen molar-refractivity contribution in [2.75, 3.05) is 11.9 Å². The Morgan fingerprint density at radius 3 is 2.42 bits per heavy atom. The van der Waals surface area contributed by atoms with E-state index in [-0.39, 0.29) is 17.6 Å². The number of aryl methyl sites for hydroxylation is 2. The van der Waals surface area contributed by atoms with Gasteiger partial charge in [0.25, 0.3) is 5.91 Å². The molecule has 0 aliphatic heterocycles. The molecule has 0 unspecified atom stereocenters. The van der Waals surface area contributed by atoms with Crippen molar-refractivity contribution < 1.29 is 9.53 Å². The smallest absolute Gasteiger partial charge is 0.264 e. The summed E-state index contributed by atoms with van der Waals surface area (Å²) in [5.41, 5.74) is 3.11. The number of ether oxygens (including phenoxy) is 1. The van der Waals surface area contributed by atoms with Crippen molar-refractivity contribution in [3.8, 4) is 5.75 Å². The minimum absolute atomic E-state index is 0.114. The van der Waals surface area contributed by atoms with Gasteiger partial charge in [0.05, 0.1) is 5.69 Å². The van der Waals surface area contributed by atoms with Crippen molar-refractivity contribution in [1.82, 2.24) is 5.32 Å². The van der Waals surface area contributed by atoms with Gasteiger partial charge in [-0.25, -0.2) is 0 Å². The minimum atomic E-state index is -0.324. The fraction of sp³-hybridized carbons (Fsp3) is 0.176. The number of carbonyl (C=O) groups excluding carboxylic acids is 1. The van der Waals surface area contributed by atoms with E-state index < -0.39 is 0 Å². The Morgan fingerprint density at radius 1 is 1.12 bits per heavy atom. The molecule has 0 saturated carbocycles. The molecule has 7 heteroatoms. The van der Waals surface area contributed by atoms with Crippen LogP contribution in [0.3, 0.4) is 0 Å². The monoisotopic (exact) mass is 470 g/mol. The predicted molar refractivity (Wildman–Crippen MR) is 108 cm³/mol. The number of anilines is 1. The van der Waals surface area contributed by atoms with E-state index in [1.165, 1.54) is 5.56 Å². The Morgan fingerprint density at radius 2 is 1.75 bits per heavy atom. The summed E-state index contributed by atoms with van der Waals surface area (Å²) in [5.74, 6) is 0.291. The predicted octanol–water partition coefficient (Wildman–Crippen LogP) is 4.72. The summed E-state index contributed by atoms with van der Waals surface area (Å²) in [6.07, 6.45) is 0. The van der Waals surface area contributed by atoms with Gasteiger partial charge in [0.2, 0.25) is 0 Å². The summed E-state index contributed by atoms with van der Waals surface area (Å²) < 4.78 is 7.23. The Labute approximate surface area is 163 Å². The highest BCUT2D eigenvalue weighted by atomic mass is 79.9. The maximum Gasteiger partial charge on any atom is 0.264 e.